The Kier molecular flexibility index (Phi) is 5.71. The summed E-state index contributed by atoms with van der Waals surface area (Å²) in [5.41, 5.74) is 1.43. The largest absolute Gasteiger partial charge is 0.482 e. The van der Waals surface area contributed by atoms with Crippen LogP contribution >= 0.6 is 0 Å². The molecule has 1 atom stereocenters. The molecule has 0 aliphatic carbocycles. The molecule has 0 spiro atoms. The minimum atomic E-state index is -1.10. The van der Waals surface area contributed by atoms with Crippen molar-refractivity contribution in [2.75, 3.05) is 18.1 Å². The van der Waals surface area contributed by atoms with E-state index in [9.17, 15) is 19.5 Å². The molecular formula is C20H20N2O5. The van der Waals surface area contributed by atoms with E-state index in [2.05, 4.69) is 5.32 Å². The second kappa shape index (κ2) is 8.35. The fraction of sp³-hybridized carbons (Fsp3) is 0.250. The predicted octanol–water partition coefficient (Wildman–Crippen LogP) is 1.61. The van der Waals surface area contributed by atoms with E-state index < -0.39 is 17.9 Å². The molecule has 0 radical (unpaired) electrons. The van der Waals surface area contributed by atoms with Gasteiger partial charge in [0.1, 0.15) is 11.8 Å². The van der Waals surface area contributed by atoms with Crippen LogP contribution in [0.2, 0.25) is 0 Å². The van der Waals surface area contributed by atoms with E-state index in [0.717, 1.165) is 5.56 Å². The quantitative estimate of drug-likeness (QED) is 0.774. The van der Waals surface area contributed by atoms with Crippen LogP contribution in [0.1, 0.15) is 12.0 Å². The second-order valence-corrected chi connectivity index (χ2v) is 6.20. The van der Waals surface area contributed by atoms with Gasteiger partial charge in [-0.3, -0.25) is 9.59 Å². The lowest BCUT2D eigenvalue weighted by molar-refractivity contribution is -0.141. The number of carboxylic acids is 1. The number of rotatable bonds is 7. The van der Waals surface area contributed by atoms with Gasteiger partial charge in [0.15, 0.2) is 6.61 Å². The highest BCUT2D eigenvalue weighted by Gasteiger charge is 2.26. The molecule has 2 amide bonds. The van der Waals surface area contributed by atoms with Crippen LogP contribution in [0, 0.1) is 0 Å². The Morgan fingerprint density at radius 1 is 1.11 bits per heavy atom. The van der Waals surface area contributed by atoms with Gasteiger partial charge in [-0.1, -0.05) is 42.5 Å². The second-order valence-electron chi connectivity index (χ2n) is 6.20. The van der Waals surface area contributed by atoms with Gasteiger partial charge in [-0.2, -0.15) is 0 Å². The minimum Gasteiger partial charge on any atom is -0.482 e. The summed E-state index contributed by atoms with van der Waals surface area (Å²) in [6.07, 6.45) is 0.194. The lowest BCUT2D eigenvalue weighted by Crippen LogP contribution is -2.45. The van der Waals surface area contributed by atoms with Gasteiger partial charge in [0.05, 0.1) is 5.69 Å². The third kappa shape index (κ3) is 4.63. The summed E-state index contributed by atoms with van der Waals surface area (Å²) in [5.74, 6) is -1.17. The minimum absolute atomic E-state index is 0.00135. The number of benzene rings is 2. The summed E-state index contributed by atoms with van der Waals surface area (Å²) < 4.78 is 5.37. The molecule has 0 fully saturated rings. The van der Waals surface area contributed by atoms with Crippen molar-refractivity contribution in [1.82, 2.24) is 5.32 Å². The summed E-state index contributed by atoms with van der Waals surface area (Å²) >= 11 is 0. The van der Waals surface area contributed by atoms with Crippen LogP contribution in [0.5, 0.6) is 5.75 Å². The number of anilines is 1. The van der Waals surface area contributed by atoms with Gasteiger partial charge >= 0.3 is 5.97 Å². The maximum absolute atomic E-state index is 12.3. The topological polar surface area (TPSA) is 95.9 Å². The molecule has 2 N–H and O–H groups in total. The number of amides is 2. The molecular weight excluding hydrogens is 348 g/mol. The molecule has 1 aliphatic rings. The highest BCUT2D eigenvalue weighted by atomic mass is 16.5. The molecule has 0 aromatic heterocycles. The number of nitrogens with one attached hydrogen (secondary N) is 1. The standard InChI is InChI=1S/C20H20N2O5/c23-18(21-15(20(25)26)12-14-6-2-1-3-7-14)10-11-22-16-8-4-5-9-17(16)27-13-19(22)24/h1-9,15H,10-13H2,(H,21,23)(H,25,26)/t15-/m1/s1. The zero-order chi connectivity index (χ0) is 19.2. The van der Waals surface area contributed by atoms with Crippen LogP contribution in [0.3, 0.4) is 0 Å². The number of ether oxygens (including phenoxy) is 1. The highest BCUT2D eigenvalue weighted by Crippen LogP contribution is 2.31. The van der Waals surface area contributed by atoms with Crippen molar-refractivity contribution < 1.29 is 24.2 Å². The summed E-state index contributed by atoms with van der Waals surface area (Å²) in [6, 6.07) is 15.2. The number of nitrogens with zero attached hydrogens (tertiary/aromatic N) is 1. The van der Waals surface area contributed by atoms with E-state index in [1.54, 1.807) is 24.3 Å². The summed E-state index contributed by atoms with van der Waals surface area (Å²) in [7, 11) is 0. The van der Waals surface area contributed by atoms with E-state index in [1.807, 2.05) is 30.3 Å². The van der Waals surface area contributed by atoms with Crippen LogP contribution < -0.4 is 15.0 Å². The molecule has 0 unspecified atom stereocenters. The van der Waals surface area contributed by atoms with Crippen LogP contribution in [0.4, 0.5) is 5.69 Å². The zero-order valence-electron chi connectivity index (χ0n) is 14.6. The van der Waals surface area contributed by atoms with Crippen LogP contribution in [-0.2, 0) is 20.8 Å². The molecule has 3 rings (SSSR count). The summed E-state index contributed by atoms with van der Waals surface area (Å²) in [6.45, 7) is 0.0765. The molecule has 0 saturated carbocycles. The first kappa shape index (κ1) is 18.4. The third-order valence-corrected chi connectivity index (χ3v) is 4.29. The van der Waals surface area contributed by atoms with Crippen molar-refractivity contribution in [1.29, 1.82) is 0 Å². The lowest BCUT2D eigenvalue weighted by atomic mass is 10.1. The summed E-state index contributed by atoms with van der Waals surface area (Å²) in [5, 5.41) is 11.9. The number of fused-ring (bicyclic) bond motifs is 1. The first-order chi connectivity index (χ1) is 13.0. The predicted molar refractivity (Wildman–Crippen MR) is 98.6 cm³/mol. The Bertz CT molecular complexity index is 837. The van der Waals surface area contributed by atoms with Gasteiger partial charge in [0, 0.05) is 19.4 Å². The fourth-order valence-electron chi connectivity index (χ4n) is 2.93. The maximum atomic E-state index is 12.3. The van der Waals surface area contributed by atoms with Gasteiger partial charge in [-0.05, 0) is 17.7 Å². The summed E-state index contributed by atoms with van der Waals surface area (Å²) in [4.78, 5) is 37.3. The highest BCUT2D eigenvalue weighted by molar-refractivity contribution is 5.98. The Morgan fingerprint density at radius 2 is 1.81 bits per heavy atom. The van der Waals surface area contributed by atoms with E-state index in [-0.39, 0.29) is 31.9 Å². The molecule has 27 heavy (non-hydrogen) atoms. The van der Waals surface area contributed by atoms with Crippen molar-refractivity contribution in [2.24, 2.45) is 0 Å². The van der Waals surface area contributed by atoms with Gasteiger partial charge in [-0.25, -0.2) is 4.79 Å². The average Bonchev–Trinajstić information content (AvgIpc) is 2.67. The van der Waals surface area contributed by atoms with Crippen LogP contribution in [0.25, 0.3) is 0 Å². The molecule has 2 aromatic carbocycles. The van der Waals surface area contributed by atoms with Gasteiger partial charge < -0.3 is 20.1 Å². The van der Waals surface area contributed by atoms with Crippen molar-refractivity contribution >= 4 is 23.5 Å². The van der Waals surface area contributed by atoms with Crippen molar-refractivity contribution in [3.8, 4) is 5.75 Å². The molecule has 1 heterocycles. The fourth-order valence-corrected chi connectivity index (χ4v) is 2.93. The molecule has 2 aromatic rings. The van der Waals surface area contributed by atoms with E-state index in [1.165, 1.54) is 4.90 Å². The Balaban J connectivity index is 1.60. The molecule has 1 aliphatic heterocycles. The number of aliphatic carboxylic acids is 1. The third-order valence-electron chi connectivity index (χ3n) is 4.29. The van der Waals surface area contributed by atoms with Gasteiger partial charge in [0.25, 0.3) is 5.91 Å². The van der Waals surface area contributed by atoms with Crippen LogP contribution in [0.15, 0.2) is 54.6 Å². The maximum Gasteiger partial charge on any atom is 0.326 e. The molecule has 7 nitrogen and oxygen atoms in total. The number of para-hydroxylation sites is 2. The number of carbonyl (C=O) groups excluding carboxylic acids is 2. The van der Waals surface area contributed by atoms with Crippen molar-refractivity contribution in [2.45, 2.75) is 18.9 Å². The first-order valence-electron chi connectivity index (χ1n) is 8.63. The number of carbonyl (C=O) groups is 3. The zero-order valence-corrected chi connectivity index (χ0v) is 14.6. The molecule has 7 heteroatoms. The van der Waals surface area contributed by atoms with Crippen molar-refractivity contribution in [3.63, 3.8) is 0 Å². The molecule has 140 valence electrons. The Labute approximate surface area is 156 Å². The van der Waals surface area contributed by atoms with Gasteiger partial charge in [-0.15, -0.1) is 0 Å². The smallest absolute Gasteiger partial charge is 0.326 e. The van der Waals surface area contributed by atoms with Crippen LogP contribution in [-0.4, -0.2) is 42.1 Å². The lowest BCUT2D eigenvalue weighted by Gasteiger charge is -2.29. The SMILES string of the molecule is O=C(CCN1C(=O)COc2ccccc21)N[C@H](Cc1ccccc1)C(=O)O. The van der Waals surface area contributed by atoms with E-state index >= 15 is 0 Å². The number of carboxylic acid groups (broad SMARTS) is 1. The Hall–Kier alpha value is -3.35. The molecule has 0 bridgehead atoms. The first-order valence-corrected chi connectivity index (χ1v) is 8.63. The van der Waals surface area contributed by atoms with Crippen molar-refractivity contribution in [3.05, 3.63) is 60.2 Å². The number of hydrogen-bond acceptors (Lipinski definition) is 4. The van der Waals surface area contributed by atoms with E-state index in [4.69, 9.17) is 4.74 Å². The normalized spacial score (nSPS) is 14.1. The van der Waals surface area contributed by atoms with Gasteiger partial charge in [0.2, 0.25) is 5.91 Å². The molecule has 0 saturated heterocycles. The average molecular weight is 368 g/mol. The Morgan fingerprint density at radius 3 is 2.56 bits per heavy atom. The van der Waals surface area contributed by atoms with E-state index in [0.29, 0.717) is 11.4 Å². The number of hydrogen-bond donors (Lipinski definition) is 2. The monoisotopic (exact) mass is 368 g/mol.